The van der Waals surface area contributed by atoms with E-state index in [1.54, 1.807) is 13.3 Å². The molecule has 2 saturated heterocycles. The molecule has 0 bridgehead atoms. The van der Waals surface area contributed by atoms with E-state index in [2.05, 4.69) is 19.9 Å². The smallest absolute Gasteiger partial charge is 0.224 e. The zero-order chi connectivity index (χ0) is 27.5. The van der Waals surface area contributed by atoms with Crippen LogP contribution >= 0.6 is 11.6 Å². The maximum absolute atomic E-state index is 13.1. The van der Waals surface area contributed by atoms with Gasteiger partial charge in [0.25, 0.3) is 0 Å². The number of rotatable bonds is 4. The molecule has 3 aromatic heterocycles. The number of aromatic nitrogens is 6. The Morgan fingerprint density at radius 3 is 2.77 bits per heavy atom. The lowest BCUT2D eigenvalue weighted by Crippen LogP contribution is -2.57. The normalized spacial score (nSPS) is 23.2. The van der Waals surface area contributed by atoms with Crippen LogP contribution in [0.3, 0.4) is 0 Å². The number of aryl methyl sites for hydroxylation is 2. The van der Waals surface area contributed by atoms with E-state index in [-0.39, 0.29) is 30.3 Å². The Morgan fingerprint density at radius 1 is 1.23 bits per heavy atom. The molecule has 13 heteroatoms. The first-order valence-corrected chi connectivity index (χ1v) is 13.4. The number of nitrogens with two attached hydrogens (primary N) is 2. The lowest BCUT2D eigenvalue weighted by molar-refractivity contribution is -0.201. The van der Waals surface area contributed by atoms with E-state index in [9.17, 15) is 9.90 Å². The highest BCUT2D eigenvalue weighted by Gasteiger charge is 2.50. The van der Waals surface area contributed by atoms with Crippen LogP contribution in [0.15, 0.2) is 24.5 Å². The van der Waals surface area contributed by atoms with Gasteiger partial charge in [-0.3, -0.25) is 4.79 Å². The number of halogens is 1. The van der Waals surface area contributed by atoms with Crippen LogP contribution in [0.1, 0.15) is 44.5 Å². The largest absolute Gasteiger partial charge is 0.386 e. The zero-order valence-corrected chi connectivity index (χ0v) is 22.7. The summed E-state index contributed by atoms with van der Waals surface area (Å²) >= 11 is 6.11. The summed E-state index contributed by atoms with van der Waals surface area (Å²) in [6.45, 7) is 3.06. The lowest BCUT2D eigenvalue weighted by atomic mass is 9.77. The topological polar surface area (TPSA) is 163 Å². The molecule has 2 fully saturated rings. The minimum absolute atomic E-state index is 0.0532. The fraction of sp³-hybridized carbons (Fsp3) is 0.500. The van der Waals surface area contributed by atoms with Crippen molar-refractivity contribution in [2.45, 2.75) is 56.3 Å². The summed E-state index contributed by atoms with van der Waals surface area (Å²) in [7, 11) is 1.96. The molecule has 0 unspecified atom stereocenters. The first-order chi connectivity index (χ1) is 18.6. The summed E-state index contributed by atoms with van der Waals surface area (Å²) in [5.41, 5.74) is 13.0. The first-order valence-electron chi connectivity index (χ1n) is 13.1. The number of piperidine rings is 1. The van der Waals surface area contributed by atoms with Crippen molar-refractivity contribution in [3.63, 3.8) is 0 Å². The van der Waals surface area contributed by atoms with Gasteiger partial charge in [0.1, 0.15) is 16.9 Å². The summed E-state index contributed by atoms with van der Waals surface area (Å²) in [6, 6.07) is 5.26. The van der Waals surface area contributed by atoms with Crippen LogP contribution in [0.25, 0.3) is 22.2 Å². The van der Waals surface area contributed by atoms with Gasteiger partial charge < -0.3 is 35.3 Å². The third-order valence-electron chi connectivity index (χ3n) is 8.28. The molecule has 206 valence electrons. The number of fused-ring (bicyclic) bond motifs is 2. The van der Waals surface area contributed by atoms with Gasteiger partial charge in [-0.25, -0.2) is 9.97 Å². The number of likely N-dealkylation sites (tertiary alicyclic amines) is 1. The number of benzene rings is 1. The number of nitrogen functional groups attached to an aromatic ring is 2. The molecule has 12 nitrogen and oxygen atoms in total. The van der Waals surface area contributed by atoms with Crippen LogP contribution in [0.2, 0.25) is 5.02 Å². The molecule has 1 amide bonds. The number of aliphatic hydroxyl groups is 1. The Kier molecular flexibility index (Phi) is 6.16. The van der Waals surface area contributed by atoms with E-state index >= 15 is 0 Å². The molecule has 0 radical (unpaired) electrons. The van der Waals surface area contributed by atoms with Crippen LogP contribution in [0.4, 0.5) is 11.8 Å². The highest BCUT2D eigenvalue weighted by molar-refractivity contribution is 6.31. The molecular weight excluding hydrogens is 522 g/mol. The second-order valence-corrected chi connectivity index (χ2v) is 11.4. The monoisotopic (exact) mass is 553 g/mol. The van der Waals surface area contributed by atoms with Crippen molar-refractivity contribution in [1.29, 1.82) is 0 Å². The van der Waals surface area contributed by atoms with Crippen molar-refractivity contribution in [3.05, 3.63) is 35.4 Å². The highest BCUT2D eigenvalue weighted by Crippen LogP contribution is 2.44. The summed E-state index contributed by atoms with van der Waals surface area (Å²) in [6.07, 6.45) is 4.43. The van der Waals surface area contributed by atoms with Crippen molar-refractivity contribution in [3.8, 4) is 0 Å². The second kappa shape index (κ2) is 9.32. The second-order valence-electron chi connectivity index (χ2n) is 10.9. The summed E-state index contributed by atoms with van der Waals surface area (Å²) in [5.74, 6) is 1.20. The minimum atomic E-state index is -1.16. The van der Waals surface area contributed by atoms with Crippen LogP contribution in [-0.4, -0.2) is 75.9 Å². The molecule has 1 aromatic carbocycles. The van der Waals surface area contributed by atoms with Crippen molar-refractivity contribution in [1.82, 2.24) is 34.0 Å². The van der Waals surface area contributed by atoms with E-state index in [1.165, 1.54) is 0 Å². The number of imidazole rings is 2. The molecule has 0 saturated carbocycles. The number of hydrogen-bond acceptors (Lipinski definition) is 9. The Bertz CT molecular complexity index is 1570. The van der Waals surface area contributed by atoms with Crippen LogP contribution in [0, 0.1) is 0 Å². The number of ether oxygens (including phenoxy) is 1. The molecule has 1 spiro atoms. The van der Waals surface area contributed by atoms with Crippen molar-refractivity contribution in [2.24, 2.45) is 7.05 Å². The quantitative estimate of drug-likeness (QED) is 0.344. The molecule has 39 heavy (non-hydrogen) atoms. The number of nitrogens with zero attached hydrogens (tertiary/aromatic N) is 7. The lowest BCUT2D eigenvalue weighted by Gasteiger charge is -2.51. The van der Waals surface area contributed by atoms with E-state index in [4.69, 9.17) is 27.8 Å². The van der Waals surface area contributed by atoms with E-state index in [1.807, 2.05) is 39.3 Å². The van der Waals surface area contributed by atoms with Gasteiger partial charge in [-0.1, -0.05) is 11.6 Å². The molecule has 6 rings (SSSR count). The summed E-state index contributed by atoms with van der Waals surface area (Å²) in [4.78, 5) is 32.4. The first kappa shape index (κ1) is 25.8. The van der Waals surface area contributed by atoms with Crippen molar-refractivity contribution >= 4 is 51.5 Å². The fourth-order valence-electron chi connectivity index (χ4n) is 5.94. The Labute approximate surface area is 229 Å². The third kappa shape index (κ3) is 4.56. The molecule has 0 aliphatic carbocycles. The number of carbonyl (C=O) groups excluding carboxylic acids is 1. The van der Waals surface area contributed by atoms with Crippen LogP contribution in [0.5, 0.6) is 0 Å². The average Bonchev–Trinajstić information content (AvgIpc) is 3.45. The number of carbonyl (C=O) groups is 1. The number of anilines is 2. The van der Waals surface area contributed by atoms with Crippen molar-refractivity contribution in [2.75, 3.05) is 31.2 Å². The van der Waals surface area contributed by atoms with Gasteiger partial charge in [0, 0.05) is 44.4 Å². The predicted octanol–water partition coefficient (Wildman–Crippen LogP) is 2.24. The zero-order valence-electron chi connectivity index (χ0n) is 22.0. The van der Waals surface area contributed by atoms with Crippen LogP contribution < -0.4 is 11.5 Å². The minimum Gasteiger partial charge on any atom is -0.386 e. The van der Waals surface area contributed by atoms with E-state index in [0.29, 0.717) is 61.4 Å². The van der Waals surface area contributed by atoms with Gasteiger partial charge >= 0.3 is 0 Å². The van der Waals surface area contributed by atoms with Crippen LogP contribution in [-0.2, 0) is 23.0 Å². The predicted molar refractivity (Wildman–Crippen MR) is 147 cm³/mol. The third-order valence-corrected chi connectivity index (χ3v) is 8.52. The summed E-state index contributed by atoms with van der Waals surface area (Å²) < 4.78 is 10.1. The molecule has 5 heterocycles. The number of amides is 1. The molecule has 2 aliphatic heterocycles. The molecule has 2 aliphatic rings. The van der Waals surface area contributed by atoms with Gasteiger partial charge in [-0.2, -0.15) is 9.97 Å². The van der Waals surface area contributed by atoms with E-state index in [0.717, 1.165) is 16.9 Å². The maximum Gasteiger partial charge on any atom is 0.224 e. The molecular formula is C26H32ClN9O3. The van der Waals surface area contributed by atoms with E-state index < -0.39 is 11.2 Å². The SMILES string of the molecule is Cn1c(CCC(=O)N2CCC3(CC2)C[C@H](n2cnc4c(N)nc(N)nc42)[C@@](C)(O)CO3)nc2cc(Cl)ccc21. The molecule has 4 aromatic rings. The average molecular weight is 554 g/mol. The van der Waals surface area contributed by atoms with Gasteiger partial charge in [0.2, 0.25) is 11.9 Å². The fourth-order valence-corrected chi connectivity index (χ4v) is 6.11. The molecule has 2 atom stereocenters. The maximum atomic E-state index is 13.1. The Hall–Kier alpha value is -3.48. The standard InChI is InChI=1S/C26H32ClN9O3/c1-25(38)13-39-26(12-18(25)36-14-30-21-22(28)32-24(29)33-23(21)36)7-9-35(10-8-26)20(37)6-5-19-31-16-11-15(27)3-4-17(16)34(19)2/h3-4,11,14,18,38H,5-10,12-13H2,1-2H3,(H4,28,29,32,33)/t18-,25-/m0/s1. The summed E-state index contributed by atoms with van der Waals surface area (Å²) in [5, 5.41) is 11.9. The number of hydrogen-bond donors (Lipinski definition) is 3. The van der Waals surface area contributed by atoms with Gasteiger partial charge in [-0.15, -0.1) is 0 Å². The highest BCUT2D eigenvalue weighted by atomic mass is 35.5. The Balaban J connectivity index is 1.13. The molecule has 5 N–H and O–H groups in total. The van der Waals surface area contributed by atoms with Gasteiger partial charge in [0.05, 0.1) is 35.6 Å². The van der Waals surface area contributed by atoms with Crippen molar-refractivity contribution < 1.29 is 14.6 Å². The Morgan fingerprint density at radius 2 is 2.00 bits per heavy atom. The van der Waals surface area contributed by atoms with Gasteiger partial charge in [-0.05, 0) is 38.0 Å². The van der Waals surface area contributed by atoms with Gasteiger partial charge in [0.15, 0.2) is 11.5 Å².